The Morgan fingerprint density at radius 2 is 1.59 bits per heavy atom. The molecule has 0 aromatic heterocycles. The third-order valence-corrected chi connectivity index (χ3v) is 8.74. The number of carbonyl (C=O) groups is 2. The molecule has 4 fully saturated rings. The van der Waals surface area contributed by atoms with E-state index in [1.54, 1.807) is 0 Å². The molecule has 0 aromatic carbocycles. The van der Waals surface area contributed by atoms with E-state index < -0.39 is 12.6 Å². The molecule has 0 aromatic rings. The van der Waals surface area contributed by atoms with Crippen LogP contribution in [0.25, 0.3) is 0 Å². The lowest BCUT2D eigenvalue weighted by atomic mass is 9.50. The number of carbonyl (C=O) groups excluding carboxylic acids is 2. The predicted molar refractivity (Wildman–Crippen MR) is 108 cm³/mol. The zero-order chi connectivity index (χ0) is 21.2. The van der Waals surface area contributed by atoms with Gasteiger partial charge < -0.3 is 14.2 Å². The summed E-state index contributed by atoms with van der Waals surface area (Å²) in [5.74, 6) is 0.755. The summed E-state index contributed by atoms with van der Waals surface area (Å²) < 4.78 is 17.3. The molecular formula is C24H38O5. The van der Waals surface area contributed by atoms with E-state index in [0.717, 1.165) is 19.3 Å². The van der Waals surface area contributed by atoms with Crippen LogP contribution in [0.2, 0.25) is 0 Å². The Hall–Kier alpha value is -1.10. The van der Waals surface area contributed by atoms with Crippen LogP contribution in [0.3, 0.4) is 0 Å². The highest BCUT2D eigenvalue weighted by atomic mass is 16.8. The summed E-state index contributed by atoms with van der Waals surface area (Å²) in [5, 5.41) is 0. The van der Waals surface area contributed by atoms with Gasteiger partial charge in [-0.25, -0.2) is 0 Å². The molecule has 3 aliphatic carbocycles. The van der Waals surface area contributed by atoms with E-state index in [1.807, 2.05) is 0 Å². The number of fused-ring (bicyclic) bond motifs is 2. The molecule has 0 N–H and O–H groups in total. The molecule has 1 spiro atoms. The van der Waals surface area contributed by atoms with E-state index in [2.05, 4.69) is 27.7 Å². The van der Waals surface area contributed by atoms with E-state index in [-0.39, 0.29) is 29.2 Å². The third kappa shape index (κ3) is 3.51. The first-order chi connectivity index (χ1) is 13.5. The van der Waals surface area contributed by atoms with Crippen LogP contribution < -0.4 is 0 Å². The normalized spacial score (nSPS) is 48.1. The fraction of sp³-hybridized carbons (Fsp3) is 0.917. The van der Waals surface area contributed by atoms with Gasteiger partial charge in [-0.3, -0.25) is 9.59 Å². The molecule has 4 aliphatic rings. The Morgan fingerprint density at radius 1 is 0.966 bits per heavy atom. The average Bonchev–Trinajstić information content (AvgIpc) is 3.07. The Kier molecular flexibility index (Phi) is 5.08. The summed E-state index contributed by atoms with van der Waals surface area (Å²) in [6, 6.07) is 0. The summed E-state index contributed by atoms with van der Waals surface area (Å²) in [5.41, 5.74) is 0.808. The summed E-state index contributed by atoms with van der Waals surface area (Å²) in [6.45, 7) is 12.5. The topological polar surface area (TPSA) is 61.8 Å². The molecule has 1 saturated heterocycles. The Labute approximate surface area is 175 Å². The van der Waals surface area contributed by atoms with Gasteiger partial charge in [0, 0.05) is 25.7 Å². The first kappa shape index (κ1) is 21.1. The summed E-state index contributed by atoms with van der Waals surface area (Å²) in [7, 11) is 0. The predicted octanol–water partition coefficient (Wildman–Crippen LogP) is 5.07. The maximum atomic E-state index is 11.8. The van der Waals surface area contributed by atoms with Crippen LogP contribution in [0.15, 0.2) is 0 Å². The first-order valence-corrected chi connectivity index (χ1v) is 11.5. The summed E-state index contributed by atoms with van der Waals surface area (Å²) in [6.07, 6.45) is 7.20. The van der Waals surface area contributed by atoms with E-state index in [4.69, 9.17) is 14.2 Å². The number of rotatable bonds is 3. The minimum Gasteiger partial charge on any atom is -0.435 e. The van der Waals surface area contributed by atoms with Gasteiger partial charge in [0.15, 0.2) is 0 Å². The van der Waals surface area contributed by atoms with E-state index in [9.17, 15) is 9.59 Å². The Bertz CT molecular complexity index is 687. The molecule has 1 aliphatic heterocycles. The summed E-state index contributed by atoms with van der Waals surface area (Å²) in [4.78, 5) is 23.5. The lowest BCUT2D eigenvalue weighted by Gasteiger charge is -2.54. The largest absolute Gasteiger partial charge is 0.435 e. The second-order valence-electron chi connectivity index (χ2n) is 11.5. The van der Waals surface area contributed by atoms with Crippen molar-refractivity contribution in [3.63, 3.8) is 0 Å². The molecule has 2 unspecified atom stereocenters. The van der Waals surface area contributed by atoms with Crippen molar-refractivity contribution < 1.29 is 23.8 Å². The molecule has 8 atom stereocenters. The van der Waals surface area contributed by atoms with Crippen LogP contribution in [0, 0.1) is 39.9 Å². The van der Waals surface area contributed by atoms with Crippen molar-refractivity contribution in [3.05, 3.63) is 0 Å². The number of esters is 2. The molecule has 5 nitrogen and oxygen atoms in total. The van der Waals surface area contributed by atoms with Crippen molar-refractivity contribution in [2.45, 2.75) is 99.1 Å². The molecule has 4 rings (SSSR count). The van der Waals surface area contributed by atoms with Crippen LogP contribution in [-0.2, 0) is 23.8 Å². The molecule has 5 heteroatoms. The van der Waals surface area contributed by atoms with Gasteiger partial charge in [0.2, 0.25) is 12.6 Å². The number of hydrogen-bond donors (Lipinski definition) is 0. The SMILES string of the molecule is CC(=O)O[C@@H]1O[C@H](OC(C)=O)[C@@H]2[C@H]1CC[C@H]([C@@]1(C)CCCC(C)(C)C1)C21CC1C. The monoisotopic (exact) mass is 406 g/mol. The molecule has 3 saturated carbocycles. The van der Waals surface area contributed by atoms with E-state index >= 15 is 0 Å². The molecule has 0 amide bonds. The standard InChI is InChI=1S/C24H38O5/c1-14-12-24(14)18(23(6)11-7-10-22(4,5)13-23)9-8-17-19(24)21(28-16(3)26)29-20(17)27-15(2)25/h14,17-21H,7-13H2,1-6H3/t14?,17-,18-,19+,20-,21+,23+,24?/m1/s1. The summed E-state index contributed by atoms with van der Waals surface area (Å²) >= 11 is 0. The fourth-order valence-corrected chi connectivity index (χ4v) is 8.02. The minimum atomic E-state index is -0.602. The van der Waals surface area contributed by atoms with Crippen molar-refractivity contribution >= 4 is 11.9 Å². The highest BCUT2D eigenvalue weighted by Gasteiger charge is 2.73. The van der Waals surface area contributed by atoms with Crippen molar-refractivity contribution in [3.8, 4) is 0 Å². The van der Waals surface area contributed by atoms with Gasteiger partial charge in [0.1, 0.15) is 0 Å². The van der Waals surface area contributed by atoms with Gasteiger partial charge in [-0.1, -0.05) is 34.1 Å². The van der Waals surface area contributed by atoms with E-state index in [1.165, 1.54) is 39.5 Å². The van der Waals surface area contributed by atoms with Crippen LogP contribution in [-0.4, -0.2) is 24.5 Å². The molecular weight excluding hydrogens is 368 g/mol. The number of ether oxygens (including phenoxy) is 3. The second kappa shape index (κ2) is 6.96. The van der Waals surface area contributed by atoms with Crippen molar-refractivity contribution in [1.29, 1.82) is 0 Å². The molecule has 29 heavy (non-hydrogen) atoms. The second-order valence-corrected chi connectivity index (χ2v) is 11.5. The van der Waals surface area contributed by atoms with Gasteiger partial charge in [0.05, 0.1) is 0 Å². The van der Waals surface area contributed by atoms with Gasteiger partial charge in [-0.05, 0) is 66.6 Å². The lowest BCUT2D eigenvalue weighted by Crippen LogP contribution is -2.50. The maximum absolute atomic E-state index is 11.8. The van der Waals surface area contributed by atoms with Gasteiger partial charge >= 0.3 is 11.9 Å². The van der Waals surface area contributed by atoms with Crippen molar-refractivity contribution in [2.24, 2.45) is 39.9 Å². The molecule has 1 heterocycles. The smallest absolute Gasteiger partial charge is 0.304 e. The quantitative estimate of drug-likeness (QED) is 0.612. The van der Waals surface area contributed by atoms with Crippen molar-refractivity contribution in [2.75, 3.05) is 0 Å². The Balaban J connectivity index is 1.67. The zero-order valence-corrected chi connectivity index (χ0v) is 19.0. The van der Waals surface area contributed by atoms with Crippen LogP contribution in [0.1, 0.15) is 86.5 Å². The van der Waals surface area contributed by atoms with Crippen LogP contribution >= 0.6 is 0 Å². The van der Waals surface area contributed by atoms with Crippen LogP contribution in [0.5, 0.6) is 0 Å². The van der Waals surface area contributed by atoms with Crippen LogP contribution in [0.4, 0.5) is 0 Å². The third-order valence-electron chi connectivity index (χ3n) is 8.74. The van der Waals surface area contributed by atoms with Crippen molar-refractivity contribution in [1.82, 2.24) is 0 Å². The van der Waals surface area contributed by atoms with Gasteiger partial charge in [-0.15, -0.1) is 0 Å². The zero-order valence-electron chi connectivity index (χ0n) is 19.0. The fourth-order valence-electron chi connectivity index (χ4n) is 8.02. The highest BCUT2D eigenvalue weighted by Crippen LogP contribution is 2.75. The highest BCUT2D eigenvalue weighted by molar-refractivity contribution is 5.66. The maximum Gasteiger partial charge on any atom is 0.304 e. The minimum absolute atomic E-state index is 0.115. The lowest BCUT2D eigenvalue weighted by molar-refractivity contribution is -0.216. The molecule has 0 radical (unpaired) electrons. The van der Waals surface area contributed by atoms with Gasteiger partial charge in [0.25, 0.3) is 0 Å². The molecule has 0 bridgehead atoms. The first-order valence-electron chi connectivity index (χ1n) is 11.5. The number of hydrogen-bond acceptors (Lipinski definition) is 5. The van der Waals surface area contributed by atoms with E-state index in [0.29, 0.717) is 22.7 Å². The Morgan fingerprint density at radius 3 is 2.14 bits per heavy atom. The average molecular weight is 407 g/mol. The molecule has 164 valence electrons. The van der Waals surface area contributed by atoms with Gasteiger partial charge in [-0.2, -0.15) is 0 Å².